The number of morpholine rings is 1. The van der Waals surface area contributed by atoms with Crippen molar-refractivity contribution in [3.05, 3.63) is 35.3 Å². The number of hydrogen-bond donors (Lipinski definition) is 1. The summed E-state index contributed by atoms with van der Waals surface area (Å²) in [6.07, 6.45) is 0.151. The van der Waals surface area contributed by atoms with Crippen LogP contribution in [0.25, 0.3) is 11.0 Å². The molecule has 1 saturated heterocycles. The number of rotatable bonds is 2. The van der Waals surface area contributed by atoms with E-state index in [-0.39, 0.29) is 11.9 Å². The summed E-state index contributed by atoms with van der Waals surface area (Å²) in [6.45, 7) is 6.39. The standard InChI is InChI=1S/C16H20FN3O2/c1-10-9-20(5-6-21-10)16(18)19-8-15-11(2)13-7-12(17)3-4-14(13)22-15/h3-4,7,10H,5-6,8-9H2,1-2H3,(H2,18,19). The van der Waals surface area contributed by atoms with Crippen molar-refractivity contribution in [2.75, 3.05) is 19.7 Å². The quantitative estimate of drug-likeness (QED) is 0.683. The molecule has 2 aromatic rings. The zero-order valence-electron chi connectivity index (χ0n) is 12.8. The van der Waals surface area contributed by atoms with Gasteiger partial charge in [0.25, 0.3) is 0 Å². The van der Waals surface area contributed by atoms with E-state index in [1.54, 1.807) is 6.07 Å². The minimum atomic E-state index is -0.270. The highest BCUT2D eigenvalue weighted by Crippen LogP contribution is 2.26. The van der Waals surface area contributed by atoms with Gasteiger partial charge in [0.15, 0.2) is 5.96 Å². The Labute approximate surface area is 128 Å². The first kappa shape index (κ1) is 14.8. The molecule has 1 aliphatic rings. The Balaban J connectivity index is 1.78. The highest BCUT2D eigenvalue weighted by Gasteiger charge is 2.18. The molecule has 0 aliphatic carbocycles. The molecule has 2 N–H and O–H groups in total. The number of nitrogens with two attached hydrogens (primary N) is 1. The molecule has 5 nitrogen and oxygen atoms in total. The number of aliphatic imine (C=N–C) groups is 1. The van der Waals surface area contributed by atoms with Crippen molar-refractivity contribution >= 4 is 16.9 Å². The van der Waals surface area contributed by atoms with Crippen LogP contribution in [0, 0.1) is 12.7 Å². The van der Waals surface area contributed by atoms with Crippen molar-refractivity contribution in [2.24, 2.45) is 10.7 Å². The molecule has 2 heterocycles. The lowest BCUT2D eigenvalue weighted by atomic mass is 10.1. The van der Waals surface area contributed by atoms with Crippen LogP contribution < -0.4 is 5.73 Å². The zero-order valence-corrected chi connectivity index (χ0v) is 12.8. The number of hydrogen-bond acceptors (Lipinski definition) is 3. The van der Waals surface area contributed by atoms with E-state index in [1.165, 1.54) is 12.1 Å². The predicted molar refractivity (Wildman–Crippen MR) is 83.2 cm³/mol. The normalized spacial score (nSPS) is 19.9. The third-order valence-corrected chi connectivity index (χ3v) is 3.95. The molecule has 22 heavy (non-hydrogen) atoms. The SMILES string of the molecule is Cc1c(CN=C(N)N2CCOC(C)C2)oc2ccc(F)cc12. The molecule has 1 aliphatic heterocycles. The molecule has 0 saturated carbocycles. The maximum atomic E-state index is 13.3. The van der Waals surface area contributed by atoms with E-state index in [2.05, 4.69) is 4.99 Å². The number of nitrogens with zero attached hydrogens (tertiary/aromatic N) is 2. The Hall–Kier alpha value is -2.08. The van der Waals surface area contributed by atoms with Gasteiger partial charge in [-0.2, -0.15) is 0 Å². The molecule has 0 spiro atoms. The van der Waals surface area contributed by atoms with Crippen LogP contribution in [-0.4, -0.2) is 36.7 Å². The fraction of sp³-hybridized carbons (Fsp3) is 0.438. The first-order valence-electron chi connectivity index (χ1n) is 7.38. The van der Waals surface area contributed by atoms with Gasteiger partial charge < -0.3 is 19.8 Å². The Kier molecular flexibility index (Phi) is 4.02. The van der Waals surface area contributed by atoms with Crippen molar-refractivity contribution in [1.29, 1.82) is 0 Å². The lowest BCUT2D eigenvalue weighted by molar-refractivity contribution is 0.00528. The number of guanidine groups is 1. The first-order chi connectivity index (χ1) is 10.5. The molecule has 1 fully saturated rings. The molecule has 1 aromatic heterocycles. The van der Waals surface area contributed by atoms with E-state index in [1.807, 2.05) is 18.7 Å². The van der Waals surface area contributed by atoms with Gasteiger partial charge in [-0.05, 0) is 32.0 Å². The third kappa shape index (κ3) is 2.92. The summed E-state index contributed by atoms with van der Waals surface area (Å²) in [7, 11) is 0. The van der Waals surface area contributed by atoms with Gasteiger partial charge >= 0.3 is 0 Å². The van der Waals surface area contributed by atoms with Gasteiger partial charge in [-0.25, -0.2) is 9.38 Å². The molecule has 118 valence electrons. The Morgan fingerprint density at radius 1 is 1.50 bits per heavy atom. The number of furan rings is 1. The highest BCUT2D eigenvalue weighted by atomic mass is 19.1. The van der Waals surface area contributed by atoms with Crippen molar-refractivity contribution in [2.45, 2.75) is 26.5 Å². The molecule has 0 bridgehead atoms. The first-order valence-corrected chi connectivity index (χ1v) is 7.38. The zero-order chi connectivity index (χ0) is 15.7. The molecule has 1 atom stereocenters. The van der Waals surface area contributed by atoms with E-state index < -0.39 is 0 Å². The molecule has 1 unspecified atom stereocenters. The Bertz CT molecular complexity index is 711. The second kappa shape index (κ2) is 5.96. The predicted octanol–water partition coefficient (Wildman–Crippen LogP) is 2.42. The summed E-state index contributed by atoms with van der Waals surface area (Å²) in [5.41, 5.74) is 7.62. The fourth-order valence-electron chi connectivity index (χ4n) is 2.67. The third-order valence-electron chi connectivity index (χ3n) is 3.95. The molecular weight excluding hydrogens is 285 g/mol. The maximum Gasteiger partial charge on any atom is 0.191 e. The summed E-state index contributed by atoms with van der Waals surface area (Å²) in [4.78, 5) is 6.41. The van der Waals surface area contributed by atoms with Crippen LogP contribution in [0.5, 0.6) is 0 Å². The van der Waals surface area contributed by atoms with Crippen molar-refractivity contribution in [3.63, 3.8) is 0 Å². The summed E-state index contributed by atoms with van der Waals surface area (Å²) in [6, 6.07) is 4.51. The van der Waals surface area contributed by atoms with Gasteiger partial charge in [-0.15, -0.1) is 0 Å². The highest BCUT2D eigenvalue weighted by molar-refractivity contribution is 5.82. The minimum absolute atomic E-state index is 0.151. The molecule has 0 radical (unpaired) electrons. The van der Waals surface area contributed by atoms with Gasteiger partial charge in [-0.3, -0.25) is 0 Å². The molecule has 0 amide bonds. The van der Waals surface area contributed by atoms with Gasteiger partial charge in [0, 0.05) is 24.0 Å². The van der Waals surface area contributed by atoms with Crippen LogP contribution in [0.2, 0.25) is 0 Å². The van der Waals surface area contributed by atoms with Crippen LogP contribution >= 0.6 is 0 Å². The Morgan fingerprint density at radius 3 is 3.09 bits per heavy atom. The van der Waals surface area contributed by atoms with E-state index in [9.17, 15) is 4.39 Å². The summed E-state index contributed by atoms with van der Waals surface area (Å²) >= 11 is 0. The van der Waals surface area contributed by atoms with Crippen LogP contribution in [0.3, 0.4) is 0 Å². The smallest absolute Gasteiger partial charge is 0.191 e. The Morgan fingerprint density at radius 2 is 2.32 bits per heavy atom. The molecule has 6 heteroatoms. The number of halogens is 1. The monoisotopic (exact) mass is 305 g/mol. The van der Waals surface area contributed by atoms with Crippen molar-refractivity contribution in [3.8, 4) is 0 Å². The van der Waals surface area contributed by atoms with Crippen molar-refractivity contribution < 1.29 is 13.5 Å². The minimum Gasteiger partial charge on any atom is -0.459 e. The van der Waals surface area contributed by atoms with Crippen LogP contribution in [0.1, 0.15) is 18.2 Å². The van der Waals surface area contributed by atoms with E-state index in [0.717, 1.165) is 24.0 Å². The van der Waals surface area contributed by atoms with E-state index >= 15 is 0 Å². The number of fused-ring (bicyclic) bond motifs is 1. The molecule has 1 aromatic carbocycles. The van der Waals surface area contributed by atoms with Gasteiger partial charge in [0.2, 0.25) is 0 Å². The van der Waals surface area contributed by atoms with Crippen LogP contribution in [0.4, 0.5) is 4.39 Å². The average Bonchev–Trinajstić information content (AvgIpc) is 2.81. The number of benzene rings is 1. The average molecular weight is 305 g/mol. The summed E-state index contributed by atoms with van der Waals surface area (Å²) < 4.78 is 24.5. The van der Waals surface area contributed by atoms with Crippen molar-refractivity contribution in [1.82, 2.24) is 4.90 Å². The largest absolute Gasteiger partial charge is 0.459 e. The molecular formula is C16H20FN3O2. The summed E-state index contributed by atoms with van der Waals surface area (Å²) in [5.74, 6) is 0.930. The van der Waals surface area contributed by atoms with Crippen LogP contribution in [-0.2, 0) is 11.3 Å². The van der Waals surface area contributed by atoms with Gasteiger partial charge in [-0.1, -0.05) is 0 Å². The van der Waals surface area contributed by atoms with E-state index in [0.29, 0.717) is 30.5 Å². The van der Waals surface area contributed by atoms with Gasteiger partial charge in [0.1, 0.15) is 23.7 Å². The van der Waals surface area contributed by atoms with E-state index in [4.69, 9.17) is 14.9 Å². The maximum absolute atomic E-state index is 13.3. The second-order valence-corrected chi connectivity index (χ2v) is 5.59. The topological polar surface area (TPSA) is 64.0 Å². The fourth-order valence-corrected chi connectivity index (χ4v) is 2.67. The molecule has 3 rings (SSSR count). The lowest BCUT2D eigenvalue weighted by Gasteiger charge is -2.31. The van der Waals surface area contributed by atoms with Gasteiger partial charge in [0.05, 0.1) is 12.7 Å². The number of ether oxygens (including phenoxy) is 1. The summed E-state index contributed by atoms with van der Waals surface area (Å²) in [5, 5.41) is 0.781. The lowest BCUT2D eigenvalue weighted by Crippen LogP contribution is -2.47. The van der Waals surface area contributed by atoms with Crippen LogP contribution in [0.15, 0.2) is 27.6 Å². The number of aryl methyl sites for hydroxylation is 1. The second-order valence-electron chi connectivity index (χ2n) is 5.59.